The maximum absolute atomic E-state index is 12.3. The molecule has 6 heteroatoms. The summed E-state index contributed by atoms with van der Waals surface area (Å²) in [6.07, 6.45) is 2.09. The van der Waals surface area contributed by atoms with Crippen LogP contribution in [0.2, 0.25) is 0 Å². The lowest BCUT2D eigenvalue weighted by atomic mass is 10.0. The number of hydrogen-bond acceptors (Lipinski definition) is 4. The van der Waals surface area contributed by atoms with Crippen LogP contribution >= 0.6 is 11.3 Å². The summed E-state index contributed by atoms with van der Waals surface area (Å²) in [7, 11) is 4.04. The summed E-state index contributed by atoms with van der Waals surface area (Å²) in [6, 6.07) is 3.49. The number of carbonyl (C=O) groups excluding carboxylic acids is 1. The van der Waals surface area contributed by atoms with Gasteiger partial charge in [0.1, 0.15) is 4.88 Å². The number of carbonyl (C=O) groups is 2. The number of hydrogen-bond donors (Lipinski definition) is 1. The van der Waals surface area contributed by atoms with E-state index in [2.05, 4.69) is 4.90 Å². The van der Waals surface area contributed by atoms with Crippen LogP contribution < -0.4 is 0 Å². The second-order valence-corrected chi connectivity index (χ2v) is 6.06. The third-order valence-corrected chi connectivity index (χ3v) is 4.50. The van der Waals surface area contributed by atoms with Gasteiger partial charge < -0.3 is 14.9 Å². The first-order chi connectivity index (χ1) is 8.99. The molecule has 1 unspecified atom stereocenters. The maximum Gasteiger partial charge on any atom is 0.345 e. The number of carboxylic acids is 1. The van der Waals surface area contributed by atoms with Gasteiger partial charge in [-0.2, -0.15) is 0 Å². The summed E-state index contributed by atoms with van der Waals surface area (Å²) in [5, 5.41) is 8.88. The molecule has 0 radical (unpaired) electrons. The Labute approximate surface area is 116 Å². The lowest BCUT2D eigenvalue weighted by molar-refractivity contribution is 0.0639. The van der Waals surface area contributed by atoms with Crippen molar-refractivity contribution >= 4 is 23.2 Å². The topological polar surface area (TPSA) is 60.9 Å². The van der Waals surface area contributed by atoms with Crippen molar-refractivity contribution in [1.29, 1.82) is 0 Å². The molecule has 0 bridgehead atoms. The molecular formula is C13H18N2O3S. The highest BCUT2D eigenvalue weighted by atomic mass is 32.1. The van der Waals surface area contributed by atoms with Gasteiger partial charge in [-0.15, -0.1) is 11.3 Å². The number of likely N-dealkylation sites (N-methyl/N-ethyl adjacent to an activating group) is 1. The molecule has 104 valence electrons. The number of carboxylic acid groups (broad SMARTS) is 1. The third kappa shape index (κ3) is 3.13. The van der Waals surface area contributed by atoms with Crippen molar-refractivity contribution in [2.24, 2.45) is 0 Å². The summed E-state index contributed by atoms with van der Waals surface area (Å²) in [4.78, 5) is 27.8. The summed E-state index contributed by atoms with van der Waals surface area (Å²) in [5.74, 6) is -1.03. The van der Waals surface area contributed by atoms with Crippen molar-refractivity contribution in [3.05, 3.63) is 21.9 Å². The number of amides is 1. The van der Waals surface area contributed by atoms with Crippen molar-refractivity contribution in [3.63, 3.8) is 0 Å². The summed E-state index contributed by atoms with van der Waals surface area (Å²) >= 11 is 1.05. The highest BCUT2D eigenvalue weighted by molar-refractivity contribution is 7.15. The molecule has 0 saturated carbocycles. The van der Waals surface area contributed by atoms with E-state index in [0.717, 1.165) is 30.7 Å². The van der Waals surface area contributed by atoms with E-state index < -0.39 is 5.97 Å². The second-order valence-electron chi connectivity index (χ2n) is 4.98. The van der Waals surface area contributed by atoms with Gasteiger partial charge in [-0.25, -0.2) is 4.79 Å². The Kier molecular flexibility index (Phi) is 4.21. The Balaban J connectivity index is 2.08. The molecule has 5 nitrogen and oxygen atoms in total. The number of piperidine rings is 1. The fraction of sp³-hybridized carbons (Fsp3) is 0.538. The smallest absolute Gasteiger partial charge is 0.345 e. The van der Waals surface area contributed by atoms with Gasteiger partial charge in [-0.1, -0.05) is 0 Å². The van der Waals surface area contributed by atoms with E-state index in [1.807, 2.05) is 19.0 Å². The number of rotatable bonds is 3. The molecule has 1 N–H and O–H groups in total. The van der Waals surface area contributed by atoms with Crippen molar-refractivity contribution in [3.8, 4) is 0 Å². The van der Waals surface area contributed by atoms with E-state index >= 15 is 0 Å². The van der Waals surface area contributed by atoms with Crippen molar-refractivity contribution in [2.45, 2.75) is 18.9 Å². The van der Waals surface area contributed by atoms with E-state index in [1.165, 1.54) is 6.07 Å². The molecule has 1 aromatic rings. The summed E-state index contributed by atoms with van der Waals surface area (Å²) in [5.41, 5.74) is 0. The average molecular weight is 282 g/mol. The predicted molar refractivity (Wildman–Crippen MR) is 73.9 cm³/mol. The molecule has 2 rings (SSSR count). The van der Waals surface area contributed by atoms with Crippen LogP contribution in [0, 0.1) is 0 Å². The predicted octanol–water partition coefficient (Wildman–Crippen LogP) is 1.61. The van der Waals surface area contributed by atoms with Crippen LogP contribution in [0.5, 0.6) is 0 Å². The van der Waals surface area contributed by atoms with Gasteiger partial charge in [0.05, 0.1) is 4.88 Å². The molecule has 1 aromatic heterocycles. The zero-order valence-electron chi connectivity index (χ0n) is 11.1. The first-order valence-corrected chi connectivity index (χ1v) is 7.09. The molecule has 1 saturated heterocycles. The SMILES string of the molecule is CN(C)C1CCCN(C(=O)c2ccc(C(=O)O)s2)C1. The highest BCUT2D eigenvalue weighted by Crippen LogP contribution is 2.21. The fourth-order valence-electron chi connectivity index (χ4n) is 2.28. The maximum atomic E-state index is 12.3. The van der Waals surface area contributed by atoms with E-state index in [9.17, 15) is 9.59 Å². The van der Waals surface area contributed by atoms with Crippen LogP contribution in [-0.4, -0.2) is 60.0 Å². The molecule has 2 heterocycles. The Hall–Kier alpha value is -1.40. The molecule has 1 aliphatic heterocycles. The van der Waals surface area contributed by atoms with Crippen LogP contribution in [0.1, 0.15) is 32.2 Å². The van der Waals surface area contributed by atoms with E-state index in [4.69, 9.17) is 5.11 Å². The molecule has 19 heavy (non-hydrogen) atoms. The largest absolute Gasteiger partial charge is 0.477 e. The van der Waals surface area contributed by atoms with Crippen LogP contribution in [0.4, 0.5) is 0 Å². The van der Waals surface area contributed by atoms with Crippen LogP contribution in [-0.2, 0) is 0 Å². The monoisotopic (exact) mass is 282 g/mol. The Morgan fingerprint density at radius 1 is 1.37 bits per heavy atom. The Morgan fingerprint density at radius 3 is 2.63 bits per heavy atom. The number of nitrogens with zero attached hydrogens (tertiary/aromatic N) is 2. The van der Waals surface area contributed by atoms with Crippen molar-refractivity contribution < 1.29 is 14.7 Å². The van der Waals surface area contributed by atoms with E-state index in [0.29, 0.717) is 17.5 Å². The zero-order chi connectivity index (χ0) is 14.0. The lowest BCUT2D eigenvalue weighted by Gasteiger charge is -2.35. The van der Waals surface area contributed by atoms with E-state index in [-0.39, 0.29) is 10.8 Å². The van der Waals surface area contributed by atoms with E-state index in [1.54, 1.807) is 6.07 Å². The minimum Gasteiger partial charge on any atom is -0.477 e. The highest BCUT2D eigenvalue weighted by Gasteiger charge is 2.26. The van der Waals surface area contributed by atoms with Gasteiger partial charge in [0.2, 0.25) is 0 Å². The van der Waals surface area contributed by atoms with Crippen LogP contribution in [0.3, 0.4) is 0 Å². The Bertz CT molecular complexity index is 484. The molecular weight excluding hydrogens is 264 g/mol. The molecule has 0 aromatic carbocycles. The number of thiophene rings is 1. The average Bonchev–Trinajstić information content (AvgIpc) is 2.87. The second kappa shape index (κ2) is 5.71. The first kappa shape index (κ1) is 14.0. The minimum atomic E-state index is -0.978. The standard InChI is InChI=1S/C13H18N2O3S/c1-14(2)9-4-3-7-15(8-9)12(16)10-5-6-11(19-10)13(17)18/h5-6,9H,3-4,7-8H2,1-2H3,(H,17,18). The lowest BCUT2D eigenvalue weighted by Crippen LogP contribution is -2.47. The van der Waals surface area contributed by atoms with Crippen LogP contribution in [0.15, 0.2) is 12.1 Å². The minimum absolute atomic E-state index is 0.0518. The quantitative estimate of drug-likeness (QED) is 0.915. The number of aromatic carboxylic acids is 1. The van der Waals surface area contributed by atoms with Crippen LogP contribution in [0.25, 0.3) is 0 Å². The van der Waals surface area contributed by atoms with Gasteiger partial charge in [0, 0.05) is 19.1 Å². The first-order valence-electron chi connectivity index (χ1n) is 6.28. The van der Waals surface area contributed by atoms with Gasteiger partial charge in [0.15, 0.2) is 0 Å². The molecule has 1 fully saturated rings. The zero-order valence-corrected chi connectivity index (χ0v) is 11.9. The number of likely N-dealkylation sites (tertiary alicyclic amines) is 1. The normalized spacial score (nSPS) is 19.7. The van der Waals surface area contributed by atoms with Crippen molar-refractivity contribution in [2.75, 3.05) is 27.2 Å². The molecule has 1 aliphatic rings. The molecule has 1 atom stereocenters. The molecule has 0 aliphatic carbocycles. The summed E-state index contributed by atoms with van der Waals surface area (Å²) in [6.45, 7) is 1.47. The van der Waals surface area contributed by atoms with Gasteiger partial charge in [-0.05, 0) is 39.1 Å². The summed E-state index contributed by atoms with van der Waals surface area (Å²) < 4.78 is 0. The molecule has 0 spiro atoms. The van der Waals surface area contributed by atoms with Gasteiger partial charge in [0.25, 0.3) is 5.91 Å². The van der Waals surface area contributed by atoms with Gasteiger partial charge >= 0.3 is 5.97 Å². The van der Waals surface area contributed by atoms with Gasteiger partial charge in [-0.3, -0.25) is 4.79 Å². The Morgan fingerprint density at radius 2 is 2.05 bits per heavy atom. The third-order valence-electron chi connectivity index (χ3n) is 3.44. The molecule has 1 amide bonds. The fourth-order valence-corrected chi connectivity index (χ4v) is 3.10. The van der Waals surface area contributed by atoms with Crippen molar-refractivity contribution in [1.82, 2.24) is 9.80 Å².